The Morgan fingerprint density at radius 1 is 0.811 bits per heavy atom. The number of nitrogens with one attached hydrogen (secondary N) is 1. The number of nitrogens with zero attached hydrogens (tertiary/aromatic N) is 2. The van der Waals surface area contributed by atoms with Gasteiger partial charge in [0.05, 0.1) is 16.7 Å². The lowest BCUT2D eigenvalue weighted by atomic mass is 10.1. The minimum Gasteiger partial charge on any atom is -0.484 e. The van der Waals surface area contributed by atoms with Crippen molar-refractivity contribution in [3.05, 3.63) is 124 Å². The van der Waals surface area contributed by atoms with Gasteiger partial charge >= 0.3 is 5.97 Å². The van der Waals surface area contributed by atoms with Crippen LogP contribution in [0.3, 0.4) is 0 Å². The number of nitro groups is 1. The third-order valence-corrected chi connectivity index (χ3v) is 5.14. The van der Waals surface area contributed by atoms with Gasteiger partial charge in [-0.25, -0.2) is 10.2 Å². The number of ether oxygens (including phenoxy) is 2. The van der Waals surface area contributed by atoms with Gasteiger partial charge in [-0.05, 0) is 65.2 Å². The third-order valence-electron chi connectivity index (χ3n) is 5.14. The van der Waals surface area contributed by atoms with Crippen LogP contribution in [0.4, 0.5) is 5.69 Å². The van der Waals surface area contributed by atoms with Crippen LogP contribution in [0.25, 0.3) is 11.1 Å². The zero-order chi connectivity index (χ0) is 26.0. The Kier molecular flexibility index (Phi) is 7.97. The number of hydrogen-bond donors (Lipinski definition) is 1. The number of benzene rings is 4. The predicted molar refractivity (Wildman–Crippen MR) is 138 cm³/mol. The Morgan fingerprint density at radius 2 is 1.43 bits per heavy atom. The normalized spacial score (nSPS) is 10.6. The third kappa shape index (κ3) is 7.09. The second-order valence-corrected chi connectivity index (χ2v) is 7.73. The van der Waals surface area contributed by atoms with Crippen LogP contribution in [0, 0.1) is 10.1 Å². The molecule has 0 heterocycles. The van der Waals surface area contributed by atoms with E-state index in [4.69, 9.17) is 9.47 Å². The number of nitro benzene ring substituents is 1. The molecule has 4 aromatic carbocycles. The fraction of sp³-hybridized carbons (Fsp3) is 0.0357. The summed E-state index contributed by atoms with van der Waals surface area (Å²) in [6, 6.07) is 28.9. The van der Waals surface area contributed by atoms with Gasteiger partial charge < -0.3 is 9.47 Å². The van der Waals surface area contributed by atoms with Gasteiger partial charge in [-0.3, -0.25) is 14.9 Å². The largest absolute Gasteiger partial charge is 0.484 e. The first-order chi connectivity index (χ1) is 18.0. The Hall–Kier alpha value is -5.31. The average Bonchev–Trinajstić information content (AvgIpc) is 2.93. The second-order valence-electron chi connectivity index (χ2n) is 7.73. The number of carbonyl (C=O) groups is 2. The molecule has 0 saturated heterocycles. The van der Waals surface area contributed by atoms with Gasteiger partial charge in [0.2, 0.25) is 0 Å². The summed E-state index contributed by atoms with van der Waals surface area (Å²) in [5.74, 6) is -0.204. The van der Waals surface area contributed by atoms with Gasteiger partial charge in [-0.2, -0.15) is 5.10 Å². The van der Waals surface area contributed by atoms with Gasteiger partial charge in [0.1, 0.15) is 11.5 Å². The minimum absolute atomic E-state index is 0.115. The number of carbonyl (C=O) groups excluding carboxylic acids is 2. The van der Waals surface area contributed by atoms with Crippen molar-refractivity contribution in [2.24, 2.45) is 5.10 Å². The lowest BCUT2D eigenvalue weighted by molar-refractivity contribution is -0.384. The summed E-state index contributed by atoms with van der Waals surface area (Å²) in [5.41, 5.74) is 5.27. The zero-order valence-electron chi connectivity index (χ0n) is 19.4. The van der Waals surface area contributed by atoms with Crippen LogP contribution in [0.5, 0.6) is 11.5 Å². The van der Waals surface area contributed by atoms with Crippen molar-refractivity contribution in [2.45, 2.75) is 0 Å². The highest BCUT2D eigenvalue weighted by Gasteiger charge is 2.11. The number of hydrazone groups is 1. The average molecular weight is 495 g/mol. The molecule has 0 atom stereocenters. The highest BCUT2D eigenvalue weighted by molar-refractivity contribution is 5.91. The van der Waals surface area contributed by atoms with Gasteiger partial charge in [-0.1, -0.05) is 42.5 Å². The molecule has 0 aromatic heterocycles. The van der Waals surface area contributed by atoms with E-state index in [0.717, 1.165) is 11.1 Å². The number of amides is 1. The van der Waals surface area contributed by atoms with Gasteiger partial charge in [0, 0.05) is 12.1 Å². The highest BCUT2D eigenvalue weighted by atomic mass is 16.6. The van der Waals surface area contributed by atoms with Crippen LogP contribution < -0.4 is 14.9 Å². The van der Waals surface area contributed by atoms with Crippen LogP contribution in [0.2, 0.25) is 0 Å². The molecule has 9 heteroatoms. The number of hydrogen-bond acceptors (Lipinski definition) is 7. The summed E-state index contributed by atoms with van der Waals surface area (Å²) in [7, 11) is 0. The van der Waals surface area contributed by atoms with Crippen molar-refractivity contribution >= 4 is 23.8 Å². The van der Waals surface area contributed by atoms with Crippen LogP contribution in [0.1, 0.15) is 15.9 Å². The molecule has 1 amide bonds. The highest BCUT2D eigenvalue weighted by Crippen LogP contribution is 2.22. The topological polar surface area (TPSA) is 120 Å². The van der Waals surface area contributed by atoms with E-state index in [1.807, 2.05) is 42.5 Å². The van der Waals surface area contributed by atoms with E-state index in [2.05, 4.69) is 10.5 Å². The monoisotopic (exact) mass is 495 g/mol. The molecule has 0 saturated carbocycles. The fourth-order valence-corrected chi connectivity index (χ4v) is 3.24. The Morgan fingerprint density at radius 3 is 2.08 bits per heavy atom. The Bertz CT molecular complexity index is 1400. The van der Waals surface area contributed by atoms with Crippen molar-refractivity contribution in [3.8, 4) is 22.6 Å². The predicted octanol–water partition coefficient (Wildman–Crippen LogP) is 5.01. The van der Waals surface area contributed by atoms with Crippen LogP contribution >= 0.6 is 0 Å². The molecule has 0 aliphatic carbocycles. The lowest BCUT2D eigenvalue weighted by Crippen LogP contribution is -2.24. The molecule has 0 bridgehead atoms. The lowest BCUT2D eigenvalue weighted by Gasteiger charge is -2.07. The van der Waals surface area contributed by atoms with Crippen molar-refractivity contribution in [2.75, 3.05) is 6.61 Å². The number of esters is 1. The molecule has 1 N–H and O–H groups in total. The molecule has 0 radical (unpaired) electrons. The van der Waals surface area contributed by atoms with Gasteiger partial charge in [0.25, 0.3) is 11.6 Å². The van der Waals surface area contributed by atoms with Crippen LogP contribution in [0.15, 0.2) is 108 Å². The second kappa shape index (κ2) is 11.9. The fourth-order valence-electron chi connectivity index (χ4n) is 3.24. The van der Waals surface area contributed by atoms with E-state index in [9.17, 15) is 19.7 Å². The molecule has 4 rings (SSSR count). The number of rotatable bonds is 9. The minimum atomic E-state index is -0.640. The molecule has 0 aliphatic heterocycles. The smallest absolute Gasteiger partial charge is 0.343 e. The molecule has 0 aliphatic rings. The molecule has 0 spiro atoms. The summed E-state index contributed by atoms with van der Waals surface area (Å²) in [6.07, 6.45) is 1.44. The first-order valence-corrected chi connectivity index (χ1v) is 11.1. The molecule has 37 heavy (non-hydrogen) atoms. The molecule has 4 aromatic rings. The quantitative estimate of drug-likeness (QED) is 0.115. The SMILES string of the molecule is O=C(COc1ccc(-c2ccccc2)cc1)N/N=C\c1ccc(OC(=O)c2ccc([N+](=O)[O-])cc2)cc1. The van der Waals surface area contributed by atoms with E-state index in [1.54, 1.807) is 36.4 Å². The van der Waals surface area contributed by atoms with Crippen molar-refractivity contribution in [1.29, 1.82) is 0 Å². The van der Waals surface area contributed by atoms with E-state index >= 15 is 0 Å². The van der Waals surface area contributed by atoms with Gasteiger partial charge in [-0.15, -0.1) is 0 Å². The van der Waals surface area contributed by atoms with Crippen molar-refractivity contribution < 1.29 is 24.0 Å². The first-order valence-electron chi connectivity index (χ1n) is 11.1. The number of non-ortho nitro benzene ring substituents is 1. The first kappa shape index (κ1) is 24.8. The van der Waals surface area contributed by atoms with E-state index in [1.165, 1.54) is 30.5 Å². The summed E-state index contributed by atoms with van der Waals surface area (Å²) in [6.45, 7) is -0.195. The maximum absolute atomic E-state index is 12.2. The standard InChI is InChI=1S/C28H21N3O6/c32-27(19-36-25-16-10-22(11-17-25)21-4-2-1-3-5-21)30-29-18-20-6-14-26(15-7-20)37-28(33)23-8-12-24(13-9-23)31(34)35/h1-18H,19H2,(H,30,32)/b29-18-. The summed E-state index contributed by atoms with van der Waals surface area (Å²) < 4.78 is 10.8. The van der Waals surface area contributed by atoms with Crippen LogP contribution in [-0.2, 0) is 4.79 Å². The molecule has 0 unspecified atom stereocenters. The molecule has 0 fully saturated rings. The molecular weight excluding hydrogens is 474 g/mol. The Labute approximate surface area is 212 Å². The Balaban J connectivity index is 1.22. The van der Waals surface area contributed by atoms with E-state index < -0.39 is 16.8 Å². The molecule has 184 valence electrons. The maximum Gasteiger partial charge on any atom is 0.343 e. The van der Waals surface area contributed by atoms with Crippen molar-refractivity contribution in [3.63, 3.8) is 0 Å². The van der Waals surface area contributed by atoms with E-state index in [-0.39, 0.29) is 23.6 Å². The maximum atomic E-state index is 12.2. The zero-order valence-corrected chi connectivity index (χ0v) is 19.4. The van der Waals surface area contributed by atoms with E-state index in [0.29, 0.717) is 11.3 Å². The van der Waals surface area contributed by atoms with Gasteiger partial charge in [0.15, 0.2) is 6.61 Å². The molecular formula is C28H21N3O6. The summed E-state index contributed by atoms with van der Waals surface area (Å²) >= 11 is 0. The summed E-state index contributed by atoms with van der Waals surface area (Å²) in [4.78, 5) is 34.4. The van der Waals surface area contributed by atoms with Crippen LogP contribution in [-0.4, -0.2) is 29.6 Å². The summed E-state index contributed by atoms with van der Waals surface area (Å²) in [5, 5.41) is 14.6. The molecule has 9 nitrogen and oxygen atoms in total. The van der Waals surface area contributed by atoms with Crippen molar-refractivity contribution in [1.82, 2.24) is 5.43 Å².